The van der Waals surface area contributed by atoms with Crippen molar-refractivity contribution >= 4 is 5.97 Å². The van der Waals surface area contributed by atoms with Crippen LogP contribution in [0, 0.1) is 0 Å². The Morgan fingerprint density at radius 1 is 1.57 bits per heavy atom. The monoisotopic (exact) mass is 201 g/mol. The highest BCUT2D eigenvalue weighted by Crippen LogP contribution is 2.14. The molecule has 0 aliphatic rings. The van der Waals surface area contributed by atoms with E-state index in [9.17, 15) is 4.79 Å². The quantitative estimate of drug-likeness (QED) is 0.427. The zero-order valence-electron chi connectivity index (χ0n) is 8.76. The third kappa shape index (κ3) is 4.69. The number of nitrogens with zero attached hydrogens (tertiary/aromatic N) is 3. The number of carbonyl (C=O) groups is 1. The molecule has 0 fully saturated rings. The lowest BCUT2D eigenvalue weighted by Crippen LogP contribution is -2.37. The molecule has 0 rings (SSSR count). The van der Waals surface area contributed by atoms with E-state index in [0.29, 0.717) is 0 Å². The summed E-state index contributed by atoms with van der Waals surface area (Å²) in [5, 5.41) is 11.9. The van der Waals surface area contributed by atoms with Crippen LogP contribution in [0.2, 0.25) is 0 Å². The fraction of sp³-hybridized carbons (Fsp3) is 0.875. The second kappa shape index (κ2) is 4.83. The molecule has 0 radical (unpaired) electrons. The van der Waals surface area contributed by atoms with E-state index in [0.717, 1.165) is 0 Å². The average molecular weight is 201 g/mol. The van der Waals surface area contributed by atoms with Crippen LogP contribution >= 0.6 is 0 Å². The van der Waals surface area contributed by atoms with E-state index in [4.69, 9.17) is 15.4 Å². The van der Waals surface area contributed by atoms with Crippen molar-refractivity contribution in [2.75, 3.05) is 0 Å². The first-order chi connectivity index (χ1) is 6.28. The third-order valence-corrected chi connectivity index (χ3v) is 1.41. The highest BCUT2D eigenvalue weighted by atomic mass is 16.5. The highest BCUT2D eigenvalue weighted by molar-refractivity contribution is 5.74. The minimum absolute atomic E-state index is 0.460. The van der Waals surface area contributed by atoms with Gasteiger partial charge in [-0.15, -0.1) is 0 Å². The van der Waals surface area contributed by atoms with Crippen molar-refractivity contribution in [2.45, 2.75) is 45.4 Å². The van der Waals surface area contributed by atoms with E-state index < -0.39 is 23.7 Å². The summed E-state index contributed by atoms with van der Waals surface area (Å²) in [5.74, 6) is -1.18. The van der Waals surface area contributed by atoms with Gasteiger partial charge in [-0.1, -0.05) is 5.11 Å². The summed E-state index contributed by atoms with van der Waals surface area (Å²) in [4.78, 5) is 13.1. The topological polar surface area (TPSA) is 95.3 Å². The van der Waals surface area contributed by atoms with E-state index in [-0.39, 0.29) is 0 Å². The van der Waals surface area contributed by atoms with Gasteiger partial charge in [-0.05, 0) is 33.2 Å². The SMILES string of the molecule is C[C@H](OC(C)(C)C)[C@@H](N=[N+]=[N-])C(=O)O. The Balaban J connectivity index is 4.53. The molecule has 1 N–H and O–H groups in total. The molecule has 0 aliphatic carbocycles. The van der Waals surface area contributed by atoms with Crippen molar-refractivity contribution in [1.29, 1.82) is 0 Å². The second-order valence-electron chi connectivity index (χ2n) is 3.92. The normalized spacial score (nSPS) is 15.4. The Kier molecular flexibility index (Phi) is 4.40. The Morgan fingerprint density at radius 3 is 2.36 bits per heavy atom. The number of azide groups is 1. The largest absolute Gasteiger partial charge is 0.481 e. The van der Waals surface area contributed by atoms with Gasteiger partial charge >= 0.3 is 5.97 Å². The number of carboxylic acid groups (broad SMARTS) is 1. The third-order valence-electron chi connectivity index (χ3n) is 1.41. The molecule has 80 valence electrons. The first-order valence-electron chi connectivity index (χ1n) is 4.23. The van der Waals surface area contributed by atoms with E-state index in [1.165, 1.54) is 0 Å². The maximum Gasteiger partial charge on any atom is 0.315 e. The zero-order chi connectivity index (χ0) is 11.4. The molecule has 0 spiro atoms. The number of hydrogen-bond donors (Lipinski definition) is 1. The fourth-order valence-electron chi connectivity index (χ4n) is 1.02. The lowest BCUT2D eigenvalue weighted by molar-refractivity contribution is -0.145. The Bertz CT molecular complexity index is 251. The summed E-state index contributed by atoms with van der Waals surface area (Å²) in [6, 6.07) is -1.18. The summed E-state index contributed by atoms with van der Waals surface area (Å²) >= 11 is 0. The zero-order valence-corrected chi connectivity index (χ0v) is 8.76. The maximum absolute atomic E-state index is 10.7. The van der Waals surface area contributed by atoms with Gasteiger partial charge in [0, 0.05) is 4.91 Å². The molecule has 0 saturated heterocycles. The van der Waals surface area contributed by atoms with E-state index in [1.807, 2.05) is 0 Å². The molecule has 0 aromatic heterocycles. The second-order valence-corrected chi connectivity index (χ2v) is 3.92. The van der Waals surface area contributed by atoms with Gasteiger partial charge in [0.2, 0.25) is 0 Å². The molecular formula is C8H15N3O3. The van der Waals surface area contributed by atoms with Gasteiger partial charge in [0.15, 0.2) is 6.04 Å². The minimum atomic E-state index is -1.18. The number of rotatable bonds is 4. The van der Waals surface area contributed by atoms with Crippen LogP contribution in [0.5, 0.6) is 0 Å². The number of carboxylic acids is 1. The van der Waals surface area contributed by atoms with Crippen molar-refractivity contribution in [2.24, 2.45) is 5.11 Å². The molecule has 0 amide bonds. The van der Waals surface area contributed by atoms with Crippen molar-refractivity contribution < 1.29 is 14.6 Å². The van der Waals surface area contributed by atoms with Crippen LogP contribution in [-0.4, -0.2) is 28.8 Å². The van der Waals surface area contributed by atoms with Crippen molar-refractivity contribution in [1.82, 2.24) is 0 Å². The van der Waals surface area contributed by atoms with Crippen LogP contribution in [0.1, 0.15) is 27.7 Å². The molecule has 0 aromatic carbocycles. The number of hydrogen-bond acceptors (Lipinski definition) is 3. The molecule has 6 nitrogen and oxygen atoms in total. The van der Waals surface area contributed by atoms with Gasteiger partial charge < -0.3 is 9.84 Å². The van der Waals surface area contributed by atoms with Gasteiger partial charge in [-0.2, -0.15) is 0 Å². The number of aliphatic carboxylic acids is 1. The lowest BCUT2D eigenvalue weighted by atomic mass is 10.1. The Morgan fingerprint density at radius 2 is 2.07 bits per heavy atom. The maximum atomic E-state index is 10.7. The summed E-state index contributed by atoms with van der Waals surface area (Å²) < 4.78 is 5.37. The molecular weight excluding hydrogens is 186 g/mol. The summed E-state index contributed by atoms with van der Waals surface area (Å²) in [6.07, 6.45) is -0.650. The van der Waals surface area contributed by atoms with E-state index in [2.05, 4.69) is 10.0 Å². The van der Waals surface area contributed by atoms with Crippen molar-refractivity contribution in [3.05, 3.63) is 10.4 Å². The summed E-state index contributed by atoms with van der Waals surface area (Å²) in [5.41, 5.74) is 7.71. The van der Waals surface area contributed by atoms with E-state index >= 15 is 0 Å². The van der Waals surface area contributed by atoms with Gasteiger partial charge in [0.25, 0.3) is 0 Å². The summed E-state index contributed by atoms with van der Waals surface area (Å²) in [6.45, 7) is 6.98. The molecule has 0 aliphatic heterocycles. The van der Waals surface area contributed by atoms with Crippen molar-refractivity contribution in [3.8, 4) is 0 Å². The van der Waals surface area contributed by atoms with Gasteiger partial charge in [0.1, 0.15) is 0 Å². The van der Waals surface area contributed by atoms with E-state index in [1.54, 1.807) is 27.7 Å². The number of ether oxygens (including phenoxy) is 1. The lowest BCUT2D eigenvalue weighted by Gasteiger charge is -2.26. The van der Waals surface area contributed by atoms with Crippen molar-refractivity contribution in [3.63, 3.8) is 0 Å². The molecule has 6 heteroatoms. The molecule has 0 saturated carbocycles. The predicted molar refractivity (Wildman–Crippen MR) is 50.9 cm³/mol. The molecule has 14 heavy (non-hydrogen) atoms. The van der Waals surface area contributed by atoms with Crippen LogP contribution in [-0.2, 0) is 9.53 Å². The molecule has 0 aromatic rings. The Hall–Kier alpha value is -1.26. The van der Waals surface area contributed by atoms with Gasteiger partial charge in [-0.25, -0.2) is 0 Å². The standard InChI is InChI=1S/C8H15N3O3/c1-5(14-8(2,3)4)6(7(12)13)10-11-9/h5-6H,1-4H3,(H,12,13)/t5-,6+/m0/s1. The van der Waals surface area contributed by atoms with Crippen LogP contribution in [0.15, 0.2) is 5.11 Å². The smallest absolute Gasteiger partial charge is 0.315 e. The van der Waals surface area contributed by atoms with Crippen LogP contribution < -0.4 is 0 Å². The van der Waals surface area contributed by atoms with Gasteiger partial charge in [-0.3, -0.25) is 4.79 Å². The molecule has 0 unspecified atom stereocenters. The van der Waals surface area contributed by atoms with Crippen LogP contribution in [0.4, 0.5) is 0 Å². The minimum Gasteiger partial charge on any atom is -0.481 e. The molecule has 2 atom stereocenters. The Labute approximate surface area is 82.5 Å². The fourth-order valence-corrected chi connectivity index (χ4v) is 1.02. The van der Waals surface area contributed by atoms with Crippen LogP contribution in [0.3, 0.4) is 0 Å². The first-order valence-corrected chi connectivity index (χ1v) is 4.23. The first kappa shape index (κ1) is 12.7. The predicted octanol–water partition coefficient (Wildman–Crippen LogP) is 1.95. The average Bonchev–Trinajstić information content (AvgIpc) is 1.95. The highest BCUT2D eigenvalue weighted by Gasteiger charge is 2.27. The summed E-state index contributed by atoms with van der Waals surface area (Å²) in [7, 11) is 0. The molecule has 0 bridgehead atoms. The van der Waals surface area contributed by atoms with Crippen LogP contribution in [0.25, 0.3) is 10.4 Å². The van der Waals surface area contributed by atoms with Gasteiger partial charge in [0.05, 0.1) is 11.7 Å². The molecule has 0 heterocycles.